The molecule has 0 aliphatic carbocycles. The van der Waals surface area contributed by atoms with Gasteiger partial charge in [0, 0.05) is 0 Å². The van der Waals surface area contributed by atoms with Gasteiger partial charge in [0.1, 0.15) is 5.82 Å². The van der Waals surface area contributed by atoms with E-state index >= 15 is 0 Å². The van der Waals surface area contributed by atoms with E-state index in [1.807, 2.05) is 12.1 Å². The third-order valence-electron chi connectivity index (χ3n) is 4.56. The summed E-state index contributed by atoms with van der Waals surface area (Å²) in [5.74, 6) is -0.166. The van der Waals surface area contributed by atoms with Crippen LogP contribution >= 0.6 is 0 Å². The highest BCUT2D eigenvalue weighted by molar-refractivity contribution is 5.90. The lowest BCUT2D eigenvalue weighted by Crippen LogP contribution is -1.96. The standard InChI is InChI=1S/C23H23F/c1-17(2)21-16-13-19-8-4-6-9-22(19)23(21)10-5-3-7-18-11-14-20(24)15-12-18/h4,6,8-9,11-16H,1,3,5,7,10H2,2H3. The van der Waals surface area contributed by atoms with E-state index in [0.717, 1.165) is 31.3 Å². The number of benzene rings is 3. The van der Waals surface area contributed by atoms with Gasteiger partial charge in [0.2, 0.25) is 0 Å². The molecule has 0 atom stereocenters. The third-order valence-corrected chi connectivity index (χ3v) is 4.56. The van der Waals surface area contributed by atoms with Crippen LogP contribution in [-0.2, 0) is 12.8 Å². The Kier molecular flexibility index (Phi) is 5.10. The average Bonchev–Trinajstić information content (AvgIpc) is 2.60. The maximum atomic E-state index is 13.0. The van der Waals surface area contributed by atoms with Crippen LogP contribution in [0.4, 0.5) is 4.39 Å². The summed E-state index contributed by atoms with van der Waals surface area (Å²) in [5, 5.41) is 2.62. The van der Waals surface area contributed by atoms with E-state index in [-0.39, 0.29) is 5.82 Å². The quantitative estimate of drug-likeness (QED) is 0.450. The zero-order valence-corrected chi connectivity index (χ0v) is 14.2. The van der Waals surface area contributed by atoms with Gasteiger partial charge in [-0.05, 0) is 72.2 Å². The van der Waals surface area contributed by atoms with Gasteiger partial charge < -0.3 is 0 Å². The van der Waals surface area contributed by atoms with Gasteiger partial charge in [-0.3, -0.25) is 0 Å². The number of hydrogen-bond acceptors (Lipinski definition) is 0. The number of allylic oxidation sites excluding steroid dienone is 1. The van der Waals surface area contributed by atoms with E-state index in [1.165, 1.54) is 27.5 Å². The van der Waals surface area contributed by atoms with Gasteiger partial charge in [0.25, 0.3) is 0 Å². The molecular formula is C23H23F. The van der Waals surface area contributed by atoms with E-state index in [9.17, 15) is 4.39 Å². The summed E-state index contributed by atoms with van der Waals surface area (Å²) in [6.07, 6.45) is 4.26. The second-order valence-corrected chi connectivity index (χ2v) is 6.43. The van der Waals surface area contributed by atoms with Crippen LogP contribution in [0.15, 0.2) is 67.2 Å². The second kappa shape index (κ2) is 7.44. The van der Waals surface area contributed by atoms with Crippen molar-refractivity contribution in [2.45, 2.75) is 32.6 Å². The first-order valence-electron chi connectivity index (χ1n) is 8.56. The van der Waals surface area contributed by atoms with Gasteiger partial charge >= 0.3 is 0 Å². The van der Waals surface area contributed by atoms with Crippen molar-refractivity contribution in [2.75, 3.05) is 0 Å². The van der Waals surface area contributed by atoms with Gasteiger partial charge in [-0.2, -0.15) is 0 Å². The van der Waals surface area contributed by atoms with Crippen LogP contribution < -0.4 is 0 Å². The van der Waals surface area contributed by atoms with Crippen molar-refractivity contribution in [2.24, 2.45) is 0 Å². The predicted molar refractivity (Wildman–Crippen MR) is 102 cm³/mol. The zero-order valence-electron chi connectivity index (χ0n) is 14.2. The van der Waals surface area contributed by atoms with Gasteiger partial charge in [-0.25, -0.2) is 4.39 Å². The highest BCUT2D eigenvalue weighted by atomic mass is 19.1. The molecular weight excluding hydrogens is 295 g/mol. The molecule has 24 heavy (non-hydrogen) atoms. The van der Waals surface area contributed by atoms with Gasteiger partial charge in [0.15, 0.2) is 0 Å². The molecule has 0 aromatic heterocycles. The lowest BCUT2D eigenvalue weighted by atomic mass is 9.91. The van der Waals surface area contributed by atoms with Crippen molar-refractivity contribution in [3.63, 3.8) is 0 Å². The van der Waals surface area contributed by atoms with Crippen molar-refractivity contribution >= 4 is 16.3 Å². The van der Waals surface area contributed by atoms with Crippen LogP contribution in [0.1, 0.15) is 36.5 Å². The Morgan fingerprint density at radius 3 is 2.33 bits per heavy atom. The fourth-order valence-electron chi connectivity index (χ4n) is 3.29. The normalized spacial score (nSPS) is 10.9. The van der Waals surface area contributed by atoms with Crippen molar-refractivity contribution in [3.8, 4) is 0 Å². The Hall–Kier alpha value is -2.41. The summed E-state index contributed by atoms with van der Waals surface area (Å²) in [6.45, 7) is 6.22. The summed E-state index contributed by atoms with van der Waals surface area (Å²) in [5.41, 5.74) is 5.00. The number of unbranched alkanes of at least 4 members (excludes halogenated alkanes) is 1. The van der Waals surface area contributed by atoms with Crippen LogP contribution in [0.2, 0.25) is 0 Å². The Morgan fingerprint density at radius 1 is 0.875 bits per heavy atom. The summed E-state index contributed by atoms with van der Waals surface area (Å²) < 4.78 is 13.0. The Labute approximate surface area is 143 Å². The molecule has 0 amide bonds. The molecule has 1 heteroatoms. The third kappa shape index (κ3) is 3.73. The van der Waals surface area contributed by atoms with E-state index < -0.39 is 0 Å². The molecule has 0 fully saturated rings. The minimum Gasteiger partial charge on any atom is -0.207 e. The summed E-state index contributed by atoms with van der Waals surface area (Å²) in [7, 11) is 0. The van der Waals surface area contributed by atoms with Crippen LogP contribution in [0, 0.1) is 5.82 Å². The molecule has 0 radical (unpaired) electrons. The van der Waals surface area contributed by atoms with E-state index in [2.05, 4.69) is 49.9 Å². The molecule has 0 saturated carbocycles. The zero-order chi connectivity index (χ0) is 16.9. The van der Waals surface area contributed by atoms with Crippen molar-refractivity contribution < 1.29 is 4.39 Å². The Morgan fingerprint density at radius 2 is 1.58 bits per heavy atom. The molecule has 0 heterocycles. The molecule has 0 saturated heterocycles. The topological polar surface area (TPSA) is 0 Å². The monoisotopic (exact) mass is 318 g/mol. The molecule has 3 aromatic rings. The van der Waals surface area contributed by atoms with Crippen molar-refractivity contribution in [3.05, 3.63) is 89.8 Å². The summed E-state index contributed by atoms with van der Waals surface area (Å²) in [6, 6.07) is 19.8. The lowest BCUT2D eigenvalue weighted by Gasteiger charge is -2.13. The second-order valence-electron chi connectivity index (χ2n) is 6.43. The van der Waals surface area contributed by atoms with Gasteiger partial charge in [-0.15, -0.1) is 0 Å². The first kappa shape index (κ1) is 16.4. The van der Waals surface area contributed by atoms with Gasteiger partial charge in [0.05, 0.1) is 0 Å². The molecule has 0 nitrogen and oxygen atoms in total. The lowest BCUT2D eigenvalue weighted by molar-refractivity contribution is 0.626. The van der Waals surface area contributed by atoms with E-state index in [4.69, 9.17) is 0 Å². The summed E-state index contributed by atoms with van der Waals surface area (Å²) >= 11 is 0. The molecule has 0 spiro atoms. The molecule has 3 rings (SSSR count). The molecule has 3 aromatic carbocycles. The maximum absolute atomic E-state index is 13.0. The first-order valence-corrected chi connectivity index (χ1v) is 8.56. The highest BCUT2D eigenvalue weighted by Gasteiger charge is 2.08. The molecule has 0 aliphatic rings. The first-order chi connectivity index (χ1) is 11.6. The minimum atomic E-state index is -0.166. The van der Waals surface area contributed by atoms with Gasteiger partial charge in [-0.1, -0.05) is 60.7 Å². The Bertz CT molecular complexity index is 844. The number of rotatable bonds is 6. The average molecular weight is 318 g/mol. The summed E-state index contributed by atoms with van der Waals surface area (Å²) in [4.78, 5) is 0. The highest BCUT2D eigenvalue weighted by Crippen LogP contribution is 2.28. The van der Waals surface area contributed by atoms with Crippen molar-refractivity contribution in [1.29, 1.82) is 0 Å². The number of aryl methyl sites for hydroxylation is 2. The largest absolute Gasteiger partial charge is 0.207 e. The smallest absolute Gasteiger partial charge is 0.123 e. The molecule has 0 aliphatic heterocycles. The van der Waals surface area contributed by atoms with Crippen LogP contribution in [0.25, 0.3) is 16.3 Å². The van der Waals surface area contributed by atoms with E-state index in [0.29, 0.717) is 0 Å². The number of halogens is 1. The van der Waals surface area contributed by atoms with Crippen LogP contribution in [0.5, 0.6) is 0 Å². The van der Waals surface area contributed by atoms with Crippen LogP contribution in [0.3, 0.4) is 0 Å². The fraction of sp³-hybridized carbons (Fsp3) is 0.217. The molecule has 0 N–H and O–H groups in total. The van der Waals surface area contributed by atoms with E-state index in [1.54, 1.807) is 12.1 Å². The number of hydrogen-bond donors (Lipinski definition) is 0. The minimum absolute atomic E-state index is 0.166. The fourth-order valence-corrected chi connectivity index (χ4v) is 3.29. The molecule has 0 bridgehead atoms. The predicted octanol–water partition coefficient (Wildman–Crippen LogP) is 6.58. The number of fused-ring (bicyclic) bond motifs is 1. The SMILES string of the molecule is C=C(C)c1ccc2ccccc2c1CCCCc1ccc(F)cc1. The molecule has 0 unspecified atom stereocenters. The molecule has 122 valence electrons. The Balaban J connectivity index is 1.73. The van der Waals surface area contributed by atoms with Crippen molar-refractivity contribution in [1.82, 2.24) is 0 Å². The maximum Gasteiger partial charge on any atom is 0.123 e. The van der Waals surface area contributed by atoms with Crippen LogP contribution in [-0.4, -0.2) is 0 Å².